The minimum atomic E-state index is -1.57. The lowest BCUT2D eigenvalue weighted by atomic mass is 10.3. The number of hydrogen-bond donors (Lipinski definition) is 0. The molecular weight excluding hydrogens is 144 g/mol. The first-order valence-corrected chi connectivity index (χ1v) is 6.93. The lowest BCUT2D eigenvalue weighted by molar-refractivity contribution is -0.120. The lowest BCUT2D eigenvalue weighted by Gasteiger charge is -2.20. The monoisotopic (exact) mass is 158 g/mol. The van der Waals surface area contributed by atoms with Gasteiger partial charge in [-0.25, -0.2) is 0 Å². The molecule has 0 N–H and O–H groups in total. The summed E-state index contributed by atoms with van der Waals surface area (Å²) in [5, 5.41) is 0. The third kappa shape index (κ3) is 2.43. The van der Waals surface area contributed by atoms with Crippen LogP contribution in [0.2, 0.25) is 25.2 Å². The lowest BCUT2D eigenvalue weighted by Crippen LogP contribution is -2.33. The van der Waals surface area contributed by atoms with Gasteiger partial charge in [0.15, 0.2) is 0 Å². The topological polar surface area (TPSA) is 34.1 Å². The largest absolute Gasteiger partial charge is 0.303 e. The second kappa shape index (κ2) is 3.10. The van der Waals surface area contributed by atoms with E-state index in [9.17, 15) is 9.59 Å². The number of ketones is 1. The molecule has 0 rings (SSSR count). The Labute approximate surface area is 62.6 Å². The van der Waals surface area contributed by atoms with Crippen molar-refractivity contribution in [2.75, 3.05) is 0 Å². The predicted molar refractivity (Wildman–Crippen MR) is 43.8 cm³/mol. The standard InChI is InChI=1S/C7H14O2Si/c1-6(9)7(5-8)10(2,3)4/h5,7H,1-4H3. The van der Waals surface area contributed by atoms with Gasteiger partial charge in [0.2, 0.25) is 0 Å². The number of carbonyl (C=O) groups is 2. The number of hydrogen-bond acceptors (Lipinski definition) is 2. The summed E-state index contributed by atoms with van der Waals surface area (Å²) in [6, 6.07) is 0. The highest BCUT2D eigenvalue weighted by atomic mass is 28.3. The number of aldehydes is 1. The molecule has 0 amide bonds. The smallest absolute Gasteiger partial charge is 0.137 e. The van der Waals surface area contributed by atoms with Crippen LogP contribution < -0.4 is 0 Å². The summed E-state index contributed by atoms with van der Waals surface area (Å²) < 4.78 is 0. The van der Waals surface area contributed by atoms with Gasteiger partial charge in [-0.05, 0) is 6.92 Å². The molecule has 0 aliphatic rings. The van der Waals surface area contributed by atoms with Crippen molar-refractivity contribution in [3.8, 4) is 0 Å². The van der Waals surface area contributed by atoms with Gasteiger partial charge in [0.25, 0.3) is 0 Å². The Bertz CT molecular complexity index is 146. The van der Waals surface area contributed by atoms with E-state index in [1.165, 1.54) is 6.92 Å². The van der Waals surface area contributed by atoms with E-state index in [-0.39, 0.29) is 11.3 Å². The Kier molecular flexibility index (Phi) is 2.96. The summed E-state index contributed by atoms with van der Waals surface area (Å²) in [5.41, 5.74) is -0.313. The van der Waals surface area contributed by atoms with E-state index in [4.69, 9.17) is 0 Å². The van der Waals surface area contributed by atoms with Gasteiger partial charge in [-0.3, -0.25) is 4.79 Å². The van der Waals surface area contributed by atoms with Crippen LogP contribution >= 0.6 is 0 Å². The van der Waals surface area contributed by atoms with Crippen LogP contribution in [-0.4, -0.2) is 20.1 Å². The van der Waals surface area contributed by atoms with E-state index in [0.29, 0.717) is 0 Å². The molecule has 0 aromatic carbocycles. The average Bonchev–Trinajstić information content (AvgIpc) is 1.60. The molecule has 1 atom stereocenters. The summed E-state index contributed by atoms with van der Waals surface area (Å²) in [7, 11) is -1.57. The van der Waals surface area contributed by atoms with Gasteiger partial charge < -0.3 is 4.79 Å². The first-order valence-electron chi connectivity index (χ1n) is 3.35. The minimum Gasteiger partial charge on any atom is -0.303 e. The molecule has 3 heteroatoms. The van der Waals surface area contributed by atoms with E-state index < -0.39 is 8.07 Å². The molecule has 0 heterocycles. The molecule has 0 saturated carbocycles. The Morgan fingerprint density at radius 1 is 1.40 bits per heavy atom. The minimum absolute atomic E-state index is 0.00849. The van der Waals surface area contributed by atoms with Crippen molar-refractivity contribution >= 4 is 20.1 Å². The van der Waals surface area contributed by atoms with Gasteiger partial charge >= 0.3 is 0 Å². The zero-order chi connectivity index (χ0) is 8.36. The normalized spacial score (nSPS) is 14.4. The van der Waals surface area contributed by atoms with Crippen LogP contribution in [0.25, 0.3) is 0 Å². The third-order valence-electron chi connectivity index (χ3n) is 1.51. The number of Topliss-reactive ketones (excluding diaryl/α,β-unsaturated/α-hetero) is 1. The maximum Gasteiger partial charge on any atom is 0.137 e. The number of rotatable bonds is 3. The van der Waals surface area contributed by atoms with Crippen molar-refractivity contribution in [3.05, 3.63) is 0 Å². The second-order valence-electron chi connectivity index (χ2n) is 3.59. The van der Waals surface area contributed by atoms with E-state index in [1.54, 1.807) is 0 Å². The fourth-order valence-electron chi connectivity index (χ4n) is 0.910. The Morgan fingerprint density at radius 2 is 1.80 bits per heavy atom. The molecule has 0 fully saturated rings. The zero-order valence-corrected chi connectivity index (χ0v) is 7.97. The Hall–Kier alpha value is -0.443. The van der Waals surface area contributed by atoms with E-state index in [1.807, 2.05) is 19.6 Å². The summed E-state index contributed by atoms with van der Waals surface area (Å²) in [6.07, 6.45) is 0.786. The van der Waals surface area contributed by atoms with E-state index >= 15 is 0 Å². The van der Waals surface area contributed by atoms with Crippen molar-refractivity contribution in [2.24, 2.45) is 0 Å². The number of carbonyl (C=O) groups excluding carboxylic acids is 2. The maximum atomic E-state index is 10.8. The fraction of sp³-hybridized carbons (Fsp3) is 0.714. The maximum absolute atomic E-state index is 10.8. The van der Waals surface area contributed by atoms with E-state index in [2.05, 4.69) is 0 Å². The molecule has 1 unspecified atom stereocenters. The molecule has 0 aromatic rings. The predicted octanol–water partition coefficient (Wildman–Crippen LogP) is 1.48. The molecule has 2 nitrogen and oxygen atoms in total. The van der Waals surface area contributed by atoms with Crippen LogP contribution in [0.15, 0.2) is 0 Å². The summed E-state index contributed by atoms with van der Waals surface area (Å²) in [4.78, 5) is 21.2. The molecule has 0 bridgehead atoms. The summed E-state index contributed by atoms with van der Waals surface area (Å²) in [5.74, 6) is 0.00849. The van der Waals surface area contributed by atoms with Gasteiger partial charge in [-0.15, -0.1) is 0 Å². The van der Waals surface area contributed by atoms with Gasteiger partial charge in [0.1, 0.15) is 12.1 Å². The zero-order valence-electron chi connectivity index (χ0n) is 6.97. The molecule has 0 aliphatic carbocycles. The van der Waals surface area contributed by atoms with Crippen molar-refractivity contribution in [3.63, 3.8) is 0 Å². The van der Waals surface area contributed by atoms with Crippen LogP contribution in [0.3, 0.4) is 0 Å². The van der Waals surface area contributed by atoms with Crippen LogP contribution in [-0.2, 0) is 9.59 Å². The van der Waals surface area contributed by atoms with Crippen molar-refractivity contribution < 1.29 is 9.59 Å². The first-order chi connectivity index (χ1) is 4.39. The van der Waals surface area contributed by atoms with Crippen molar-refractivity contribution in [2.45, 2.75) is 32.1 Å². The molecular formula is C7H14O2Si. The van der Waals surface area contributed by atoms with Crippen LogP contribution in [0, 0.1) is 0 Å². The quantitative estimate of drug-likeness (QED) is 0.354. The molecule has 0 spiro atoms. The molecule has 0 aliphatic heterocycles. The SMILES string of the molecule is CC(=O)C(C=O)[Si](C)(C)C. The van der Waals surface area contributed by atoms with E-state index in [0.717, 1.165) is 6.29 Å². The van der Waals surface area contributed by atoms with Gasteiger partial charge in [0.05, 0.1) is 13.6 Å². The summed E-state index contributed by atoms with van der Waals surface area (Å²) >= 11 is 0. The van der Waals surface area contributed by atoms with Crippen molar-refractivity contribution in [1.29, 1.82) is 0 Å². The highest BCUT2D eigenvalue weighted by molar-refractivity contribution is 6.83. The molecule has 0 saturated heterocycles. The van der Waals surface area contributed by atoms with Gasteiger partial charge in [-0.2, -0.15) is 0 Å². The van der Waals surface area contributed by atoms with Gasteiger partial charge in [0, 0.05) is 0 Å². The Morgan fingerprint density at radius 3 is 1.80 bits per heavy atom. The highest BCUT2D eigenvalue weighted by Gasteiger charge is 2.29. The van der Waals surface area contributed by atoms with Crippen LogP contribution in [0.5, 0.6) is 0 Å². The Balaban J connectivity index is 4.36. The fourth-order valence-corrected chi connectivity index (χ4v) is 2.54. The molecule has 0 radical (unpaired) electrons. The van der Waals surface area contributed by atoms with Crippen molar-refractivity contribution in [1.82, 2.24) is 0 Å². The summed E-state index contributed by atoms with van der Waals surface area (Å²) in [6.45, 7) is 7.55. The second-order valence-corrected chi connectivity index (χ2v) is 8.94. The molecule has 10 heavy (non-hydrogen) atoms. The average molecular weight is 158 g/mol. The molecule has 58 valence electrons. The van der Waals surface area contributed by atoms with Gasteiger partial charge in [-0.1, -0.05) is 19.6 Å². The first kappa shape index (κ1) is 9.56. The highest BCUT2D eigenvalue weighted by Crippen LogP contribution is 2.19. The van der Waals surface area contributed by atoms with Crippen LogP contribution in [0.1, 0.15) is 6.92 Å². The third-order valence-corrected chi connectivity index (χ3v) is 3.92. The molecule has 0 aromatic heterocycles. The van der Waals surface area contributed by atoms with Crippen LogP contribution in [0.4, 0.5) is 0 Å².